The Bertz CT molecular complexity index is 837. The fraction of sp³-hybridized carbons (Fsp3) is 0.440. The van der Waals surface area contributed by atoms with Crippen molar-refractivity contribution < 1.29 is 14.3 Å². The maximum Gasteiger partial charge on any atom is 0.242 e. The number of ether oxygens (including phenoxy) is 1. The van der Waals surface area contributed by atoms with Crippen LogP contribution in [0.15, 0.2) is 48.5 Å². The van der Waals surface area contributed by atoms with Gasteiger partial charge in [-0.2, -0.15) is 0 Å². The predicted molar refractivity (Wildman–Crippen MR) is 125 cm³/mol. The summed E-state index contributed by atoms with van der Waals surface area (Å²) in [5.41, 5.74) is 2.16. The van der Waals surface area contributed by atoms with Gasteiger partial charge in [0.25, 0.3) is 0 Å². The molecule has 2 atom stereocenters. The second kappa shape index (κ2) is 12.4. The molecule has 0 aliphatic heterocycles. The Hall–Kier alpha value is -2.53. The largest absolute Gasteiger partial charge is 0.494 e. The number of benzene rings is 2. The second-order valence-electron chi connectivity index (χ2n) is 7.91. The fourth-order valence-corrected chi connectivity index (χ4v) is 3.15. The average Bonchev–Trinajstić information content (AvgIpc) is 2.76. The minimum Gasteiger partial charge on any atom is -0.494 e. The van der Waals surface area contributed by atoms with E-state index in [0.717, 1.165) is 23.3 Å². The number of rotatable bonds is 11. The fourth-order valence-electron chi connectivity index (χ4n) is 3.03. The molecule has 0 aromatic heterocycles. The van der Waals surface area contributed by atoms with Crippen molar-refractivity contribution in [1.29, 1.82) is 0 Å². The molecule has 0 unspecified atom stereocenters. The standard InChI is InChI=1S/C25H33ClN2O3/c1-5-19(3)27-25(30)20(4)28(17-21-10-8-18(2)9-11-21)24(29)7-6-16-31-23-14-12-22(26)13-15-23/h8-15,19-20H,5-7,16-17H2,1-4H3,(H,27,30)/t19-,20+/m1/s1. The molecule has 2 amide bonds. The van der Waals surface area contributed by atoms with Crippen LogP contribution in [0.2, 0.25) is 5.02 Å². The first kappa shape index (κ1) is 24.7. The summed E-state index contributed by atoms with van der Waals surface area (Å²) in [6.07, 6.45) is 1.71. The molecule has 0 aliphatic carbocycles. The number of nitrogens with zero attached hydrogens (tertiary/aromatic N) is 1. The lowest BCUT2D eigenvalue weighted by atomic mass is 10.1. The predicted octanol–water partition coefficient (Wildman–Crippen LogP) is 5.14. The van der Waals surface area contributed by atoms with Gasteiger partial charge in [0.2, 0.25) is 11.8 Å². The molecule has 2 aromatic carbocycles. The Labute approximate surface area is 190 Å². The van der Waals surface area contributed by atoms with Crippen LogP contribution in [-0.2, 0) is 16.1 Å². The van der Waals surface area contributed by atoms with Gasteiger partial charge in [-0.05, 0) is 63.4 Å². The highest BCUT2D eigenvalue weighted by Crippen LogP contribution is 2.17. The van der Waals surface area contributed by atoms with E-state index in [0.29, 0.717) is 31.0 Å². The third kappa shape index (κ3) is 8.25. The van der Waals surface area contributed by atoms with Gasteiger partial charge in [0.05, 0.1) is 6.61 Å². The zero-order valence-electron chi connectivity index (χ0n) is 18.9. The Morgan fingerprint density at radius 3 is 2.32 bits per heavy atom. The normalized spacial score (nSPS) is 12.7. The lowest BCUT2D eigenvalue weighted by molar-refractivity contribution is -0.141. The van der Waals surface area contributed by atoms with E-state index in [2.05, 4.69) is 5.32 Å². The lowest BCUT2D eigenvalue weighted by Crippen LogP contribution is -2.49. The van der Waals surface area contributed by atoms with Crippen molar-refractivity contribution in [3.63, 3.8) is 0 Å². The van der Waals surface area contributed by atoms with Crippen LogP contribution in [0.25, 0.3) is 0 Å². The number of nitrogens with one attached hydrogen (secondary N) is 1. The molecule has 2 aromatic rings. The minimum atomic E-state index is -0.556. The second-order valence-corrected chi connectivity index (χ2v) is 8.34. The summed E-state index contributed by atoms with van der Waals surface area (Å²) in [6.45, 7) is 8.60. The van der Waals surface area contributed by atoms with E-state index in [9.17, 15) is 9.59 Å². The van der Waals surface area contributed by atoms with Crippen LogP contribution >= 0.6 is 11.6 Å². The van der Waals surface area contributed by atoms with Gasteiger partial charge in [-0.3, -0.25) is 9.59 Å². The van der Waals surface area contributed by atoms with E-state index < -0.39 is 6.04 Å². The first-order valence-electron chi connectivity index (χ1n) is 10.8. The molecule has 31 heavy (non-hydrogen) atoms. The first-order chi connectivity index (χ1) is 14.8. The van der Waals surface area contributed by atoms with Gasteiger partial charge in [0, 0.05) is 24.0 Å². The van der Waals surface area contributed by atoms with Crippen molar-refractivity contribution in [3.05, 3.63) is 64.7 Å². The van der Waals surface area contributed by atoms with Gasteiger partial charge < -0.3 is 15.0 Å². The van der Waals surface area contributed by atoms with Gasteiger partial charge in [-0.25, -0.2) is 0 Å². The molecule has 0 spiro atoms. The monoisotopic (exact) mass is 444 g/mol. The highest BCUT2D eigenvalue weighted by molar-refractivity contribution is 6.30. The van der Waals surface area contributed by atoms with Crippen LogP contribution in [0.3, 0.4) is 0 Å². The van der Waals surface area contributed by atoms with Gasteiger partial charge in [0.15, 0.2) is 0 Å². The summed E-state index contributed by atoms with van der Waals surface area (Å²) < 4.78 is 5.69. The molecule has 5 nitrogen and oxygen atoms in total. The van der Waals surface area contributed by atoms with Crippen molar-refractivity contribution in [2.24, 2.45) is 0 Å². The number of halogens is 1. The smallest absolute Gasteiger partial charge is 0.242 e. The van der Waals surface area contributed by atoms with E-state index in [-0.39, 0.29) is 17.9 Å². The third-order valence-electron chi connectivity index (χ3n) is 5.26. The molecule has 168 valence electrons. The van der Waals surface area contributed by atoms with Gasteiger partial charge in [0.1, 0.15) is 11.8 Å². The molecule has 0 bridgehead atoms. The van der Waals surface area contributed by atoms with Crippen molar-refractivity contribution >= 4 is 23.4 Å². The summed E-state index contributed by atoms with van der Waals surface area (Å²) in [5, 5.41) is 3.64. The lowest BCUT2D eigenvalue weighted by Gasteiger charge is -2.30. The number of hydrogen-bond acceptors (Lipinski definition) is 3. The highest BCUT2D eigenvalue weighted by Gasteiger charge is 2.26. The van der Waals surface area contributed by atoms with E-state index in [4.69, 9.17) is 16.3 Å². The molecule has 0 saturated heterocycles. The van der Waals surface area contributed by atoms with Crippen LogP contribution in [0.4, 0.5) is 0 Å². The number of aryl methyl sites for hydroxylation is 1. The van der Waals surface area contributed by atoms with E-state index in [1.54, 1.807) is 36.1 Å². The van der Waals surface area contributed by atoms with Gasteiger partial charge in [-0.1, -0.05) is 48.4 Å². The Morgan fingerprint density at radius 2 is 1.71 bits per heavy atom. The summed E-state index contributed by atoms with van der Waals surface area (Å²) in [6, 6.07) is 14.7. The maximum absolute atomic E-state index is 13.0. The molecular weight excluding hydrogens is 412 g/mol. The van der Waals surface area contributed by atoms with Gasteiger partial charge in [-0.15, -0.1) is 0 Å². The van der Waals surface area contributed by atoms with Crippen LogP contribution in [0.1, 0.15) is 51.2 Å². The molecule has 0 radical (unpaired) electrons. The van der Waals surface area contributed by atoms with Gasteiger partial charge >= 0.3 is 0 Å². The zero-order chi connectivity index (χ0) is 22.8. The average molecular weight is 445 g/mol. The number of hydrogen-bond donors (Lipinski definition) is 1. The van der Waals surface area contributed by atoms with Crippen molar-refractivity contribution in [1.82, 2.24) is 10.2 Å². The molecule has 0 fully saturated rings. The van der Waals surface area contributed by atoms with Crippen molar-refractivity contribution in [2.45, 2.75) is 65.6 Å². The van der Waals surface area contributed by atoms with Crippen LogP contribution in [-0.4, -0.2) is 35.4 Å². The Kier molecular flexibility index (Phi) is 9.86. The molecule has 6 heteroatoms. The minimum absolute atomic E-state index is 0.0629. The number of carbonyl (C=O) groups excluding carboxylic acids is 2. The third-order valence-corrected chi connectivity index (χ3v) is 5.51. The zero-order valence-corrected chi connectivity index (χ0v) is 19.6. The van der Waals surface area contributed by atoms with Crippen molar-refractivity contribution in [2.75, 3.05) is 6.61 Å². The molecule has 0 heterocycles. The molecule has 0 saturated carbocycles. The molecule has 2 rings (SSSR count). The summed E-state index contributed by atoms with van der Waals surface area (Å²) in [5.74, 6) is 0.522. The van der Waals surface area contributed by atoms with E-state index in [1.165, 1.54) is 0 Å². The van der Waals surface area contributed by atoms with Crippen LogP contribution in [0, 0.1) is 6.92 Å². The van der Waals surface area contributed by atoms with E-state index in [1.807, 2.05) is 45.0 Å². The van der Waals surface area contributed by atoms with Crippen molar-refractivity contribution in [3.8, 4) is 5.75 Å². The molecule has 1 N–H and O–H groups in total. The summed E-state index contributed by atoms with van der Waals surface area (Å²) in [7, 11) is 0. The topological polar surface area (TPSA) is 58.6 Å². The molecule has 0 aliphatic rings. The van der Waals surface area contributed by atoms with E-state index >= 15 is 0 Å². The molecular formula is C25H33ClN2O3. The Balaban J connectivity index is 1.99. The quantitative estimate of drug-likeness (QED) is 0.488. The summed E-state index contributed by atoms with van der Waals surface area (Å²) >= 11 is 5.88. The number of carbonyl (C=O) groups is 2. The van der Waals surface area contributed by atoms with Crippen LogP contribution in [0.5, 0.6) is 5.75 Å². The Morgan fingerprint density at radius 1 is 1.06 bits per heavy atom. The summed E-state index contributed by atoms with van der Waals surface area (Å²) in [4.78, 5) is 27.4. The number of amides is 2. The highest BCUT2D eigenvalue weighted by atomic mass is 35.5. The maximum atomic E-state index is 13.0. The van der Waals surface area contributed by atoms with Crippen LogP contribution < -0.4 is 10.1 Å². The first-order valence-corrected chi connectivity index (χ1v) is 11.2. The SMILES string of the molecule is CC[C@@H](C)NC(=O)[C@H](C)N(Cc1ccc(C)cc1)C(=O)CCCOc1ccc(Cl)cc1.